The number of aromatic amines is 1. The molecular formula is C14H18N4O2. The number of nitrogens with one attached hydrogen (secondary N) is 2. The third-order valence-electron chi connectivity index (χ3n) is 2.80. The number of carbonyl (C=O) groups is 1. The van der Waals surface area contributed by atoms with Crippen molar-refractivity contribution in [2.24, 2.45) is 0 Å². The first-order chi connectivity index (χ1) is 9.65. The number of hydrogen-bond donors (Lipinski definition) is 2. The molecule has 0 spiro atoms. The molecule has 2 aromatic rings. The van der Waals surface area contributed by atoms with Gasteiger partial charge in [-0.15, -0.1) is 0 Å². The van der Waals surface area contributed by atoms with E-state index in [9.17, 15) is 4.79 Å². The molecule has 20 heavy (non-hydrogen) atoms. The molecule has 0 saturated carbocycles. The van der Waals surface area contributed by atoms with Gasteiger partial charge in [-0.1, -0.05) is 12.1 Å². The standard InChI is InChI=1S/C14H18N4O2/c1-10-4-3-5-12(8-10)20-11(2)14(19)15-7-6-13-16-9-17-18-13/h3-5,8-9,11H,6-7H2,1-2H3,(H,15,19)(H,16,17,18). The maximum atomic E-state index is 11.9. The first-order valence-corrected chi connectivity index (χ1v) is 6.50. The predicted octanol–water partition coefficient (Wildman–Crippen LogP) is 1.24. The van der Waals surface area contributed by atoms with Gasteiger partial charge in [-0.3, -0.25) is 9.89 Å². The molecule has 0 aliphatic heterocycles. The van der Waals surface area contributed by atoms with Crippen molar-refractivity contribution in [3.8, 4) is 5.75 Å². The average molecular weight is 274 g/mol. The normalized spacial score (nSPS) is 11.9. The van der Waals surface area contributed by atoms with Crippen molar-refractivity contribution in [3.63, 3.8) is 0 Å². The van der Waals surface area contributed by atoms with Crippen molar-refractivity contribution in [2.75, 3.05) is 6.54 Å². The van der Waals surface area contributed by atoms with E-state index in [1.165, 1.54) is 6.33 Å². The minimum Gasteiger partial charge on any atom is -0.481 e. The van der Waals surface area contributed by atoms with Crippen molar-refractivity contribution in [3.05, 3.63) is 42.0 Å². The molecule has 0 aliphatic carbocycles. The molecule has 2 N–H and O–H groups in total. The average Bonchev–Trinajstić information content (AvgIpc) is 2.91. The molecule has 6 heteroatoms. The van der Waals surface area contributed by atoms with Crippen LogP contribution in [-0.4, -0.2) is 33.7 Å². The molecule has 2 rings (SSSR count). The van der Waals surface area contributed by atoms with Crippen LogP contribution in [0.15, 0.2) is 30.6 Å². The number of amides is 1. The number of aryl methyl sites for hydroxylation is 1. The maximum Gasteiger partial charge on any atom is 0.260 e. The van der Waals surface area contributed by atoms with Gasteiger partial charge in [0.05, 0.1) is 0 Å². The van der Waals surface area contributed by atoms with E-state index < -0.39 is 6.10 Å². The second-order valence-corrected chi connectivity index (χ2v) is 4.55. The summed E-state index contributed by atoms with van der Waals surface area (Å²) in [6.07, 6.45) is 1.52. The summed E-state index contributed by atoms with van der Waals surface area (Å²) >= 11 is 0. The van der Waals surface area contributed by atoms with Crippen LogP contribution in [0.4, 0.5) is 0 Å². The Bertz CT molecular complexity index is 554. The summed E-state index contributed by atoms with van der Waals surface area (Å²) in [7, 11) is 0. The van der Waals surface area contributed by atoms with E-state index in [1.54, 1.807) is 6.92 Å². The first-order valence-electron chi connectivity index (χ1n) is 6.50. The molecule has 0 saturated heterocycles. The highest BCUT2D eigenvalue weighted by atomic mass is 16.5. The Morgan fingerprint density at radius 2 is 2.35 bits per heavy atom. The zero-order valence-electron chi connectivity index (χ0n) is 11.6. The van der Waals surface area contributed by atoms with Gasteiger partial charge in [-0.05, 0) is 31.5 Å². The van der Waals surface area contributed by atoms with Gasteiger partial charge >= 0.3 is 0 Å². The summed E-state index contributed by atoms with van der Waals surface area (Å²) in [5, 5.41) is 9.29. The van der Waals surface area contributed by atoms with Crippen molar-refractivity contribution in [2.45, 2.75) is 26.4 Å². The number of nitrogens with zero attached hydrogens (tertiary/aromatic N) is 2. The van der Waals surface area contributed by atoms with Gasteiger partial charge in [-0.2, -0.15) is 5.10 Å². The van der Waals surface area contributed by atoms with Gasteiger partial charge in [-0.25, -0.2) is 4.98 Å². The lowest BCUT2D eigenvalue weighted by Crippen LogP contribution is -2.37. The predicted molar refractivity (Wildman–Crippen MR) is 74.4 cm³/mol. The Balaban J connectivity index is 1.77. The summed E-state index contributed by atoms with van der Waals surface area (Å²) in [6.45, 7) is 4.21. The second-order valence-electron chi connectivity index (χ2n) is 4.55. The Kier molecular flexibility index (Phi) is 4.70. The molecule has 0 radical (unpaired) electrons. The Hall–Kier alpha value is -2.37. The number of carbonyl (C=O) groups excluding carboxylic acids is 1. The van der Waals surface area contributed by atoms with Crippen molar-refractivity contribution >= 4 is 5.91 Å². The third kappa shape index (κ3) is 4.08. The number of H-pyrrole nitrogens is 1. The number of benzene rings is 1. The fourth-order valence-electron chi connectivity index (χ4n) is 1.75. The highest BCUT2D eigenvalue weighted by molar-refractivity contribution is 5.80. The van der Waals surface area contributed by atoms with E-state index in [2.05, 4.69) is 20.5 Å². The van der Waals surface area contributed by atoms with E-state index in [1.807, 2.05) is 31.2 Å². The number of aromatic nitrogens is 3. The molecule has 1 amide bonds. The molecule has 0 bridgehead atoms. The molecular weight excluding hydrogens is 256 g/mol. The number of ether oxygens (including phenoxy) is 1. The van der Waals surface area contributed by atoms with Gasteiger partial charge in [0.15, 0.2) is 6.10 Å². The SMILES string of the molecule is Cc1cccc(OC(C)C(=O)NCCc2ncn[nH]2)c1. The number of hydrogen-bond acceptors (Lipinski definition) is 4. The van der Waals surface area contributed by atoms with Crippen LogP contribution in [0.5, 0.6) is 5.75 Å². The minimum absolute atomic E-state index is 0.147. The summed E-state index contributed by atoms with van der Waals surface area (Å²) in [5.41, 5.74) is 1.10. The van der Waals surface area contributed by atoms with E-state index in [0.717, 1.165) is 11.4 Å². The summed E-state index contributed by atoms with van der Waals surface area (Å²) in [5.74, 6) is 1.30. The van der Waals surface area contributed by atoms with Crippen LogP contribution in [0.3, 0.4) is 0 Å². The molecule has 6 nitrogen and oxygen atoms in total. The Morgan fingerprint density at radius 3 is 3.05 bits per heavy atom. The van der Waals surface area contributed by atoms with Gasteiger partial charge in [0, 0.05) is 13.0 Å². The molecule has 1 unspecified atom stereocenters. The lowest BCUT2D eigenvalue weighted by molar-refractivity contribution is -0.127. The van der Waals surface area contributed by atoms with Crippen LogP contribution in [0.25, 0.3) is 0 Å². The molecule has 1 aromatic carbocycles. The topological polar surface area (TPSA) is 79.9 Å². The van der Waals surface area contributed by atoms with Crippen LogP contribution in [-0.2, 0) is 11.2 Å². The van der Waals surface area contributed by atoms with Crippen molar-refractivity contribution in [1.29, 1.82) is 0 Å². The Morgan fingerprint density at radius 1 is 1.50 bits per heavy atom. The number of rotatable bonds is 6. The van der Waals surface area contributed by atoms with Gasteiger partial charge in [0.1, 0.15) is 17.9 Å². The molecule has 0 fully saturated rings. The molecule has 1 heterocycles. The van der Waals surface area contributed by atoms with Crippen LogP contribution in [0.1, 0.15) is 18.3 Å². The molecule has 106 valence electrons. The van der Waals surface area contributed by atoms with E-state index >= 15 is 0 Å². The second kappa shape index (κ2) is 6.70. The molecule has 1 atom stereocenters. The third-order valence-corrected chi connectivity index (χ3v) is 2.80. The lowest BCUT2D eigenvalue weighted by Gasteiger charge is -2.14. The lowest BCUT2D eigenvalue weighted by atomic mass is 10.2. The van der Waals surface area contributed by atoms with E-state index in [4.69, 9.17) is 4.74 Å². The van der Waals surface area contributed by atoms with Crippen LogP contribution in [0.2, 0.25) is 0 Å². The highest BCUT2D eigenvalue weighted by Gasteiger charge is 2.14. The van der Waals surface area contributed by atoms with Gasteiger partial charge < -0.3 is 10.1 Å². The minimum atomic E-state index is -0.536. The van der Waals surface area contributed by atoms with E-state index in [0.29, 0.717) is 18.7 Å². The maximum absolute atomic E-state index is 11.9. The van der Waals surface area contributed by atoms with Gasteiger partial charge in [0.25, 0.3) is 5.91 Å². The van der Waals surface area contributed by atoms with Crippen LogP contribution in [0, 0.1) is 6.92 Å². The smallest absolute Gasteiger partial charge is 0.260 e. The zero-order chi connectivity index (χ0) is 14.4. The highest BCUT2D eigenvalue weighted by Crippen LogP contribution is 2.14. The monoisotopic (exact) mass is 274 g/mol. The Labute approximate surface area is 117 Å². The van der Waals surface area contributed by atoms with E-state index in [-0.39, 0.29) is 5.91 Å². The van der Waals surface area contributed by atoms with Crippen molar-refractivity contribution in [1.82, 2.24) is 20.5 Å². The first kappa shape index (κ1) is 14.0. The molecule has 1 aromatic heterocycles. The van der Waals surface area contributed by atoms with Gasteiger partial charge in [0.2, 0.25) is 0 Å². The fraction of sp³-hybridized carbons (Fsp3) is 0.357. The van der Waals surface area contributed by atoms with Crippen molar-refractivity contribution < 1.29 is 9.53 Å². The summed E-state index contributed by atoms with van der Waals surface area (Å²) in [4.78, 5) is 15.9. The fourth-order valence-corrected chi connectivity index (χ4v) is 1.75. The molecule has 0 aliphatic rings. The zero-order valence-corrected chi connectivity index (χ0v) is 11.6. The van der Waals surface area contributed by atoms with Crippen LogP contribution < -0.4 is 10.1 Å². The summed E-state index contributed by atoms with van der Waals surface area (Å²) in [6, 6.07) is 7.62. The summed E-state index contributed by atoms with van der Waals surface area (Å²) < 4.78 is 5.60. The quantitative estimate of drug-likeness (QED) is 0.830. The van der Waals surface area contributed by atoms with Crippen LogP contribution >= 0.6 is 0 Å². The largest absolute Gasteiger partial charge is 0.481 e.